The van der Waals surface area contributed by atoms with Gasteiger partial charge in [-0.2, -0.15) is 0 Å². The molecule has 0 spiro atoms. The van der Waals surface area contributed by atoms with E-state index in [1.807, 2.05) is 19.9 Å². The van der Waals surface area contributed by atoms with Crippen LogP contribution in [0.2, 0.25) is 0 Å². The largest absolute Gasteiger partial charge is 0.476 e. The normalized spacial score (nSPS) is 15.9. The van der Waals surface area contributed by atoms with E-state index < -0.39 is 0 Å². The van der Waals surface area contributed by atoms with E-state index >= 15 is 0 Å². The number of amides is 1. The summed E-state index contributed by atoms with van der Waals surface area (Å²) in [7, 11) is 0. The SMILES string of the molecule is CC1(C)Oc2ccc(C(=O)CNC=O)cc2S1. The molecule has 17 heavy (non-hydrogen) atoms. The van der Waals surface area contributed by atoms with Gasteiger partial charge in [-0.05, 0) is 32.0 Å². The summed E-state index contributed by atoms with van der Waals surface area (Å²) in [4.78, 5) is 22.5. The number of fused-ring (bicyclic) bond motifs is 1. The van der Waals surface area contributed by atoms with Crippen molar-refractivity contribution in [3.05, 3.63) is 23.8 Å². The molecule has 4 nitrogen and oxygen atoms in total. The standard InChI is InChI=1S/C12H13NO3S/c1-12(2)16-10-4-3-8(5-11(10)17-12)9(15)6-13-7-14/h3-5,7H,6H2,1-2H3,(H,13,14). The van der Waals surface area contributed by atoms with Crippen LogP contribution in [0.1, 0.15) is 24.2 Å². The molecule has 1 aliphatic heterocycles. The molecule has 1 N–H and O–H groups in total. The van der Waals surface area contributed by atoms with Gasteiger partial charge in [0, 0.05) is 5.56 Å². The Balaban J connectivity index is 2.19. The van der Waals surface area contributed by atoms with E-state index in [2.05, 4.69) is 5.32 Å². The molecule has 1 heterocycles. The molecule has 90 valence electrons. The van der Waals surface area contributed by atoms with Crippen molar-refractivity contribution >= 4 is 24.0 Å². The summed E-state index contributed by atoms with van der Waals surface area (Å²) in [6, 6.07) is 5.32. The van der Waals surface area contributed by atoms with E-state index in [9.17, 15) is 9.59 Å². The minimum Gasteiger partial charge on any atom is -0.476 e. The zero-order valence-corrected chi connectivity index (χ0v) is 10.5. The number of Topliss-reactive ketones (excluding diaryl/α,β-unsaturated/α-hetero) is 1. The van der Waals surface area contributed by atoms with Gasteiger partial charge >= 0.3 is 0 Å². The highest BCUT2D eigenvalue weighted by molar-refractivity contribution is 8.00. The fraction of sp³-hybridized carbons (Fsp3) is 0.333. The van der Waals surface area contributed by atoms with Crippen molar-refractivity contribution in [3.63, 3.8) is 0 Å². The molecule has 0 saturated heterocycles. The van der Waals surface area contributed by atoms with E-state index in [0.29, 0.717) is 12.0 Å². The quantitative estimate of drug-likeness (QED) is 0.655. The average Bonchev–Trinajstić information content (AvgIpc) is 2.58. The van der Waals surface area contributed by atoms with Crippen LogP contribution in [-0.2, 0) is 4.79 Å². The van der Waals surface area contributed by atoms with Gasteiger partial charge in [0.2, 0.25) is 6.41 Å². The fourth-order valence-electron chi connectivity index (χ4n) is 1.63. The van der Waals surface area contributed by atoms with Crippen molar-refractivity contribution in [1.29, 1.82) is 0 Å². The maximum atomic E-state index is 11.7. The first-order chi connectivity index (χ1) is 8.02. The highest BCUT2D eigenvalue weighted by atomic mass is 32.2. The molecule has 0 aliphatic carbocycles. The van der Waals surface area contributed by atoms with Gasteiger partial charge in [0.15, 0.2) is 10.7 Å². The van der Waals surface area contributed by atoms with Crippen LogP contribution in [-0.4, -0.2) is 23.7 Å². The molecule has 0 aromatic heterocycles. The number of hydrogen-bond acceptors (Lipinski definition) is 4. The molecule has 5 heteroatoms. The van der Waals surface area contributed by atoms with Gasteiger partial charge in [0.1, 0.15) is 5.75 Å². The van der Waals surface area contributed by atoms with Crippen LogP contribution in [0.3, 0.4) is 0 Å². The number of carbonyl (C=O) groups is 2. The Morgan fingerprint density at radius 3 is 3.00 bits per heavy atom. The van der Waals surface area contributed by atoms with Crippen LogP contribution in [0, 0.1) is 0 Å². The van der Waals surface area contributed by atoms with Crippen molar-refractivity contribution in [1.82, 2.24) is 5.32 Å². The number of hydrogen-bond donors (Lipinski definition) is 1. The van der Waals surface area contributed by atoms with E-state index in [1.54, 1.807) is 23.9 Å². The highest BCUT2D eigenvalue weighted by Gasteiger charge is 2.31. The predicted octanol–water partition coefficient (Wildman–Crippen LogP) is 1.84. The molecule has 0 fully saturated rings. The van der Waals surface area contributed by atoms with Crippen molar-refractivity contribution in [2.24, 2.45) is 0 Å². The number of nitrogens with one attached hydrogen (secondary N) is 1. The minimum absolute atomic E-state index is 0.0250. The second kappa shape index (κ2) is 4.41. The lowest BCUT2D eigenvalue weighted by Gasteiger charge is -2.15. The topological polar surface area (TPSA) is 55.4 Å². The molecule has 0 unspecified atom stereocenters. The third-order valence-electron chi connectivity index (χ3n) is 2.32. The van der Waals surface area contributed by atoms with Crippen LogP contribution in [0.15, 0.2) is 23.1 Å². The number of ketones is 1. The fourth-order valence-corrected chi connectivity index (χ4v) is 2.69. The first kappa shape index (κ1) is 12.0. The molecular weight excluding hydrogens is 238 g/mol. The van der Waals surface area contributed by atoms with Crippen LogP contribution in [0.5, 0.6) is 5.75 Å². The third kappa shape index (κ3) is 2.61. The summed E-state index contributed by atoms with van der Waals surface area (Å²) < 4.78 is 5.69. The number of rotatable bonds is 4. The number of carbonyl (C=O) groups excluding carboxylic acids is 2. The summed E-state index contributed by atoms with van der Waals surface area (Å²) in [5.74, 6) is 0.699. The van der Waals surface area contributed by atoms with E-state index in [1.165, 1.54) is 0 Å². The average molecular weight is 251 g/mol. The molecule has 1 amide bonds. The Morgan fingerprint density at radius 2 is 2.29 bits per heavy atom. The van der Waals surface area contributed by atoms with E-state index in [-0.39, 0.29) is 17.3 Å². The van der Waals surface area contributed by atoms with Gasteiger partial charge in [-0.1, -0.05) is 11.8 Å². The summed E-state index contributed by atoms with van der Waals surface area (Å²) in [6.45, 7) is 3.98. The molecule has 0 radical (unpaired) electrons. The molecule has 0 saturated carbocycles. The van der Waals surface area contributed by atoms with E-state index in [0.717, 1.165) is 10.6 Å². The first-order valence-electron chi connectivity index (χ1n) is 5.24. The zero-order chi connectivity index (χ0) is 12.5. The van der Waals surface area contributed by atoms with Gasteiger partial charge < -0.3 is 10.1 Å². The highest BCUT2D eigenvalue weighted by Crippen LogP contribution is 2.47. The Morgan fingerprint density at radius 1 is 1.53 bits per heavy atom. The minimum atomic E-state index is -0.287. The monoisotopic (exact) mass is 251 g/mol. The Labute approximate surface area is 104 Å². The second-order valence-electron chi connectivity index (χ2n) is 4.19. The maximum absolute atomic E-state index is 11.7. The first-order valence-corrected chi connectivity index (χ1v) is 6.06. The number of ether oxygens (including phenoxy) is 1. The van der Waals surface area contributed by atoms with Gasteiger partial charge in [-0.25, -0.2) is 0 Å². The maximum Gasteiger partial charge on any atom is 0.207 e. The Kier molecular flexibility index (Phi) is 3.11. The van der Waals surface area contributed by atoms with Crippen LogP contribution >= 0.6 is 11.8 Å². The van der Waals surface area contributed by atoms with Crippen molar-refractivity contribution < 1.29 is 14.3 Å². The lowest BCUT2D eigenvalue weighted by atomic mass is 10.1. The lowest BCUT2D eigenvalue weighted by molar-refractivity contribution is -0.109. The Bertz CT molecular complexity index is 471. The van der Waals surface area contributed by atoms with Crippen molar-refractivity contribution in [2.75, 3.05) is 6.54 Å². The summed E-state index contributed by atoms with van der Waals surface area (Å²) in [6.07, 6.45) is 0.520. The molecule has 1 aliphatic rings. The van der Waals surface area contributed by atoms with E-state index in [4.69, 9.17) is 4.74 Å². The molecule has 2 rings (SSSR count). The predicted molar refractivity (Wildman–Crippen MR) is 65.4 cm³/mol. The van der Waals surface area contributed by atoms with Gasteiger partial charge in [-0.15, -0.1) is 0 Å². The molecule has 1 aromatic carbocycles. The molecule has 0 atom stereocenters. The summed E-state index contributed by atoms with van der Waals surface area (Å²) >= 11 is 1.58. The molecular formula is C12H13NO3S. The lowest BCUT2D eigenvalue weighted by Crippen LogP contribution is -2.21. The number of benzene rings is 1. The Hall–Kier alpha value is -1.49. The van der Waals surface area contributed by atoms with Gasteiger partial charge in [-0.3, -0.25) is 9.59 Å². The second-order valence-corrected chi connectivity index (χ2v) is 5.81. The van der Waals surface area contributed by atoms with Gasteiger partial charge in [0.25, 0.3) is 0 Å². The van der Waals surface area contributed by atoms with Crippen molar-refractivity contribution in [3.8, 4) is 5.75 Å². The van der Waals surface area contributed by atoms with Crippen molar-refractivity contribution in [2.45, 2.75) is 23.7 Å². The smallest absolute Gasteiger partial charge is 0.207 e. The van der Waals surface area contributed by atoms with Crippen LogP contribution < -0.4 is 10.1 Å². The van der Waals surface area contributed by atoms with Gasteiger partial charge in [0.05, 0.1) is 11.4 Å². The third-order valence-corrected chi connectivity index (χ3v) is 3.44. The summed E-state index contributed by atoms with van der Waals surface area (Å²) in [5, 5.41) is 2.36. The number of thioether (sulfide) groups is 1. The van der Waals surface area contributed by atoms with Crippen LogP contribution in [0.25, 0.3) is 0 Å². The summed E-state index contributed by atoms with van der Waals surface area (Å²) in [5.41, 5.74) is 0.590. The molecule has 0 bridgehead atoms. The zero-order valence-electron chi connectivity index (χ0n) is 9.65. The van der Waals surface area contributed by atoms with Crippen LogP contribution in [0.4, 0.5) is 0 Å². The molecule has 1 aromatic rings.